The summed E-state index contributed by atoms with van der Waals surface area (Å²) in [6.07, 6.45) is 1.78. The zero-order valence-electron chi connectivity index (χ0n) is 13.7. The summed E-state index contributed by atoms with van der Waals surface area (Å²) in [5, 5.41) is 0. The van der Waals surface area contributed by atoms with Gasteiger partial charge in [0.1, 0.15) is 5.69 Å². The van der Waals surface area contributed by atoms with Gasteiger partial charge in [-0.3, -0.25) is 4.79 Å². The molecule has 0 spiro atoms. The summed E-state index contributed by atoms with van der Waals surface area (Å²) in [6, 6.07) is 18.1. The predicted octanol–water partition coefficient (Wildman–Crippen LogP) is 4.35. The Bertz CT molecular complexity index is 852. The molecule has 0 bridgehead atoms. The molecule has 0 aliphatic heterocycles. The third-order valence-corrected chi connectivity index (χ3v) is 4.27. The molecule has 1 atom stereocenters. The molecular weight excluding hydrogens is 284 g/mol. The smallest absolute Gasteiger partial charge is 0.273 e. The van der Waals surface area contributed by atoms with Gasteiger partial charge < -0.3 is 4.57 Å². The number of fused-ring (bicyclic) bond motifs is 1. The lowest BCUT2D eigenvalue weighted by molar-refractivity contribution is 0.645. The van der Waals surface area contributed by atoms with Crippen LogP contribution in [0.2, 0.25) is 0 Å². The van der Waals surface area contributed by atoms with E-state index in [9.17, 15) is 4.79 Å². The van der Waals surface area contributed by atoms with Crippen LogP contribution in [0.25, 0.3) is 11.0 Å². The number of nitrogens with zero attached hydrogens (tertiary/aromatic N) is 2. The van der Waals surface area contributed by atoms with Crippen LogP contribution in [0.3, 0.4) is 0 Å². The van der Waals surface area contributed by atoms with Crippen LogP contribution >= 0.6 is 0 Å². The van der Waals surface area contributed by atoms with Crippen LogP contribution in [0.4, 0.5) is 0 Å². The highest BCUT2D eigenvalue weighted by atomic mass is 16.1. The normalized spacial score (nSPS) is 12.4. The second-order valence-corrected chi connectivity index (χ2v) is 5.81. The number of hydrogen-bond acceptors (Lipinski definition) is 2. The maximum atomic E-state index is 13.0. The fourth-order valence-corrected chi connectivity index (χ4v) is 3.16. The Morgan fingerprint density at radius 2 is 1.70 bits per heavy atom. The highest BCUT2D eigenvalue weighted by Gasteiger charge is 2.20. The van der Waals surface area contributed by atoms with Crippen molar-refractivity contribution in [2.75, 3.05) is 0 Å². The van der Waals surface area contributed by atoms with Gasteiger partial charge >= 0.3 is 0 Å². The molecule has 0 fully saturated rings. The molecule has 3 nitrogen and oxygen atoms in total. The lowest BCUT2D eigenvalue weighted by Gasteiger charge is -2.17. The molecule has 3 aromatic rings. The van der Waals surface area contributed by atoms with Gasteiger partial charge in [-0.1, -0.05) is 56.3 Å². The minimum absolute atomic E-state index is 0.0383. The van der Waals surface area contributed by atoms with Gasteiger partial charge in [0.15, 0.2) is 0 Å². The molecule has 1 unspecified atom stereocenters. The van der Waals surface area contributed by atoms with Crippen LogP contribution < -0.4 is 5.56 Å². The molecule has 0 aliphatic rings. The average molecular weight is 306 g/mol. The van der Waals surface area contributed by atoms with Crippen LogP contribution in [0, 0.1) is 0 Å². The standard InChI is InChI=1S/C20H22N2O/c1-3-14-22-18-13-9-8-12-17(18)21-19(20(22)23)16(4-2)15-10-6-5-7-11-15/h5-13,16H,3-4,14H2,1-2H3. The van der Waals surface area contributed by atoms with E-state index >= 15 is 0 Å². The van der Waals surface area contributed by atoms with Gasteiger partial charge in [0.2, 0.25) is 0 Å². The van der Waals surface area contributed by atoms with Crippen molar-refractivity contribution in [1.29, 1.82) is 0 Å². The van der Waals surface area contributed by atoms with Gasteiger partial charge in [0, 0.05) is 12.5 Å². The van der Waals surface area contributed by atoms with Crippen molar-refractivity contribution in [3.05, 3.63) is 76.2 Å². The SMILES string of the molecule is CCCn1c(=O)c(C(CC)c2ccccc2)nc2ccccc21. The zero-order valence-corrected chi connectivity index (χ0v) is 13.7. The first kappa shape index (κ1) is 15.5. The molecule has 0 saturated heterocycles. The van der Waals surface area contributed by atoms with E-state index in [1.807, 2.05) is 47.0 Å². The first-order valence-corrected chi connectivity index (χ1v) is 8.30. The Balaban J connectivity index is 2.24. The third-order valence-electron chi connectivity index (χ3n) is 4.27. The van der Waals surface area contributed by atoms with Crippen molar-refractivity contribution >= 4 is 11.0 Å². The van der Waals surface area contributed by atoms with Crippen molar-refractivity contribution in [3.8, 4) is 0 Å². The lowest BCUT2D eigenvalue weighted by Crippen LogP contribution is -2.28. The quantitative estimate of drug-likeness (QED) is 0.702. The van der Waals surface area contributed by atoms with Gasteiger partial charge in [-0.05, 0) is 30.5 Å². The van der Waals surface area contributed by atoms with Crippen LogP contribution in [-0.4, -0.2) is 9.55 Å². The summed E-state index contributed by atoms with van der Waals surface area (Å²) < 4.78 is 1.88. The number of aryl methyl sites for hydroxylation is 1. The fourth-order valence-electron chi connectivity index (χ4n) is 3.16. The molecule has 23 heavy (non-hydrogen) atoms. The van der Waals surface area contributed by atoms with Crippen LogP contribution in [-0.2, 0) is 6.54 Å². The number of rotatable bonds is 5. The van der Waals surface area contributed by atoms with E-state index in [0.717, 1.165) is 36.0 Å². The summed E-state index contributed by atoms with van der Waals surface area (Å²) in [5.74, 6) is 0.0383. The largest absolute Gasteiger partial charge is 0.305 e. The number of aromatic nitrogens is 2. The molecule has 0 N–H and O–H groups in total. The van der Waals surface area contributed by atoms with Crippen LogP contribution in [0.15, 0.2) is 59.4 Å². The summed E-state index contributed by atoms with van der Waals surface area (Å²) >= 11 is 0. The Kier molecular flexibility index (Phi) is 4.56. The molecule has 1 heterocycles. The molecule has 0 radical (unpaired) electrons. The molecule has 1 aromatic heterocycles. The summed E-state index contributed by atoms with van der Waals surface area (Å²) in [4.78, 5) is 17.8. The van der Waals surface area contributed by atoms with Crippen LogP contribution in [0.5, 0.6) is 0 Å². The van der Waals surface area contributed by atoms with Crippen molar-refractivity contribution < 1.29 is 0 Å². The Morgan fingerprint density at radius 1 is 1.00 bits per heavy atom. The number of hydrogen-bond donors (Lipinski definition) is 0. The van der Waals surface area contributed by atoms with E-state index < -0.39 is 0 Å². The molecule has 0 saturated carbocycles. The molecule has 118 valence electrons. The zero-order chi connectivity index (χ0) is 16.2. The van der Waals surface area contributed by atoms with E-state index in [4.69, 9.17) is 4.98 Å². The third kappa shape index (κ3) is 2.91. The Labute approximate surface area is 136 Å². The summed E-state index contributed by atoms with van der Waals surface area (Å²) in [5.41, 5.74) is 3.67. The van der Waals surface area contributed by atoms with Crippen molar-refractivity contribution in [3.63, 3.8) is 0 Å². The topological polar surface area (TPSA) is 34.9 Å². The van der Waals surface area contributed by atoms with Gasteiger partial charge in [-0.25, -0.2) is 4.98 Å². The van der Waals surface area contributed by atoms with E-state index in [2.05, 4.69) is 26.0 Å². The number of para-hydroxylation sites is 2. The average Bonchev–Trinajstić information content (AvgIpc) is 2.60. The Morgan fingerprint density at radius 3 is 2.39 bits per heavy atom. The summed E-state index contributed by atoms with van der Waals surface area (Å²) in [6.45, 7) is 4.92. The minimum Gasteiger partial charge on any atom is -0.305 e. The fraction of sp³-hybridized carbons (Fsp3) is 0.300. The van der Waals surface area contributed by atoms with Gasteiger partial charge in [0.05, 0.1) is 11.0 Å². The van der Waals surface area contributed by atoms with Crippen molar-refractivity contribution in [1.82, 2.24) is 9.55 Å². The van der Waals surface area contributed by atoms with E-state index in [1.165, 1.54) is 0 Å². The molecule has 3 rings (SSSR count). The molecule has 2 aromatic carbocycles. The van der Waals surface area contributed by atoms with Crippen molar-refractivity contribution in [2.24, 2.45) is 0 Å². The second kappa shape index (κ2) is 6.78. The second-order valence-electron chi connectivity index (χ2n) is 5.81. The first-order chi connectivity index (χ1) is 11.3. The summed E-state index contributed by atoms with van der Waals surface area (Å²) in [7, 11) is 0. The molecule has 3 heteroatoms. The van der Waals surface area contributed by atoms with E-state index in [1.54, 1.807) is 0 Å². The molecule has 0 aliphatic carbocycles. The predicted molar refractivity (Wildman–Crippen MR) is 94.9 cm³/mol. The molecule has 0 amide bonds. The van der Waals surface area contributed by atoms with E-state index in [0.29, 0.717) is 5.69 Å². The Hall–Kier alpha value is -2.42. The maximum Gasteiger partial charge on any atom is 0.273 e. The van der Waals surface area contributed by atoms with E-state index in [-0.39, 0.29) is 11.5 Å². The first-order valence-electron chi connectivity index (χ1n) is 8.30. The van der Waals surface area contributed by atoms with Gasteiger partial charge in [0.25, 0.3) is 5.56 Å². The highest BCUT2D eigenvalue weighted by molar-refractivity contribution is 5.74. The number of benzene rings is 2. The van der Waals surface area contributed by atoms with Gasteiger partial charge in [-0.2, -0.15) is 0 Å². The van der Waals surface area contributed by atoms with Crippen LogP contribution in [0.1, 0.15) is 43.9 Å². The van der Waals surface area contributed by atoms with Gasteiger partial charge in [-0.15, -0.1) is 0 Å². The molecular formula is C20H22N2O. The lowest BCUT2D eigenvalue weighted by atomic mass is 9.93. The highest BCUT2D eigenvalue weighted by Crippen LogP contribution is 2.25. The minimum atomic E-state index is 0.0383. The monoisotopic (exact) mass is 306 g/mol. The maximum absolute atomic E-state index is 13.0. The van der Waals surface area contributed by atoms with Crippen molar-refractivity contribution in [2.45, 2.75) is 39.2 Å².